The van der Waals surface area contributed by atoms with E-state index in [1.807, 2.05) is 30.3 Å². The number of thioether (sulfide) groups is 1. The van der Waals surface area contributed by atoms with Crippen LogP contribution in [0.2, 0.25) is 0 Å². The van der Waals surface area contributed by atoms with Crippen molar-refractivity contribution in [3.63, 3.8) is 0 Å². The van der Waals surface area contributed by atoms with Crippen LogP contribution in [-0.4, -0.2) is 71.0 Å². The van der Waals surface area contributed by atoms with E-state index >= 15 is 0 Å². The molecule has 8 nitrogen and oxygen atoms in total. The number of rotatable bonds is 8. The maximum Gasteiger partial charge on any atom is 0.235 e. The second kappa shape index (κ2) is 10.4. The Labute approximate surface area is 207 Å². The Hall–Kier alpha value is -2.79. The summed E-state index contributed by atoms with van der Waals surface area (Å²) >= 11 is 1.49. The lowest BCUT2D eigenvalue weighted by Crippen LogP contribution is -2.30. The highest BCUT2D eigenvalue weighted by molar-refractivity contribution is 8.00. The number of hydrogen-bond acceptors (Lipinski definition) is 8. The van der Waals surface area contributed by atoms with Gasteiger partial charge in [0.2, 0.25) is 5.91 Å². The molecule has 2 unspecified atom stereocenters. The number of nitrogens with one attached hydrogen (secondary N) is 2. The van der Waals surface area contributed by atoms with Crippen molar-refractivity contribution < 1.29 is 19.0 Å². The lowest BCUT2D eigenvalue weighted by Gasteiger charge is -2.18. The molecule has 35 heavy (non-hydrogen) atoms. The van der Waals surface area contributed by atoms with E-state index in [-0.39, 0.29) is 17.6 Å². The molecule has 10 heteroatoms. The second-order valence-corrected chi connectivity index (χ2v) is 9.94. The number of hydrogen-bond donors (Lipinski definition) is 3. The van der Waals surface area contributed by atoms with Gasteiger partial charge < -0.3 is 25.4 Å². The predicted molar refractivity (Wildman–Crippen MR) is 133 cm³/mol. The van der Waals surface area contributed by atoms with E-state index in [9.17, 15) is 14.3 Å². The van der Waals surface area contributed by atoms with Crippen molar-refractivity contribution in [1.82, 2.24) is 20.2 Å². The molecule has 1 fully saturated rings. The summed E-state index contributed by atoms with van der Waals surface area (Å²) in [4.78, 5) is 23.5. The highest BCUT2D eigenvalue weighted by Gasteiger charge is 2.31. The number of benzene rings is 1. The van der Waals surface area contributed by atoms with Crippen LogP contribution in [0.15, 0.2) is 41.4 Å². The third kappa shape index (κ3) is 5.40. The van der Waals surface area contributed by atoms with Crippen LogP contribution in [0.1, 0.15) is 11.3 Å². The third-order valence-corrected chi connectivity index (χ3v) is 7.59. The molecular formula is C25H28FN5O3S. The molecule has 4 heterocycles. The maximum atomic E-state index is 14.6. The van der Waals surface area contributed by atoms with Gasteiger partial charge in [-0.25, -0.2) is 9.37 Å². The summed E-state index contributed by atoms with van der Waals surface area (Å²) in [6.07, 6.45) is 1.34. The van der Waals surface area contributed by atoms with E-state index in [2.05, 4.69) is 25.5 Å². The van der Waals surface area contributed by atoms with Crippen LogP contribution >= 0.6 is 11.8 Å². The Morgan fingerprint density at radius 1 is 1.31 bits per heavy atom. The van der Waals surface area contributed by atoms with E-state index in [4.69, 9.17) is 4.74 Å². The molecule has 0 radical (unpaired) electrons. The van der Waals surface area contributed by atoms with Gasteiger partial charge in [-0.1, -0.05) is 0 Å². The average Bonchev–Trinajstić information content (AvgIpc) is 3.21. The van der Waals surface area contributed by atoms with Gasteiger partial charge in [-0.3, -0.25) is 9.78 Å². The molecule has 1 aromatic carbocycles. The van der Waals surface area contributed by atoms with Gasteiger partial charge in [-0.15, -0.1) is 11.8 Å². The molecule has 2 aliphatic rings. The number of likely N-dealkylation sites (tertiary alicyclic amines) is 1. The number of ether oxygens (including phenoxy) is 1. The van der Waals surface area contributed by atoms with Crippen LogP contribution in [0.3, 0.4) is 0 Å². The Morgan fingerprint density at radius 3 is 3.06 bits per heavy atom. The normalized spacial score (nSPS) is 20.1. The van der Waals surface area contributed by atoms with Crippen molar-refractivity contribution in [1.29, 1.82) is 0 Å². The number of aliphatic hydroxyl groups excluding tert-OH is 1. The molecular weight excluding hydrogens is 469 g/mol. The van der Waals surface area contributed by atoms with Gasteiger partial charge in [0.15, 0.2) is 0 Å². The molecule has 1 saturated heterocycles. The highest BCUT2D eigenvalue weighted by atomic mass is 32.2. The zero-order valence-electron chi connectivity index (χ0n) is 19.5. The van der Waals surface area contributed by atoms with Crippen LogP contribution in [0, 0.1) is 11.7 Å². The Kier molecular flexibility index (Phi) is 7.14. The standard InChI is InChI=1S/C25H28FN5O3S/c1-34-17-3-4-21-19(8-17)18(20(26)11-28-21)6-7-31-12-15(22(32)13-31)9-27-10-16-2-5-23-25(29-16)30-24(33)14-35-23/h2-5,8,11,15,22,27,32H,6-7,9-10,12-14H2,1H3,(H,29,30,33). The zero-order chi connectivity index (χ0) is 24.4. The van der Waals surface area contributed by atoms with E-state index in [0.29, 0.717) is 55.5 Å². The molecule has 0 saturated carbocycles. The van der Waals surface area contributed by atoms with Gasteiger partial charge >= 0.3 is 0 Å². The molecule has 2 atom stereocenters. The van der Waals surface area contributed by atoms with Crippen molar-refractivity contribution in [2.24, 2.45) is 5.92 Å². The van der Waals surface area contributed by atoms with Crippen molar-refractivity contribution in [3.8, 4) is 5.75 Å². The van der Waals surface area contributed by atoms with E-state index in [1.54, 1.807) is 7.11 Å². The second-order valence-electron chi connectivity index (χ2n) is 8.92. The quantitative estimate of drug-likeness (QED) is 0.437. The average molecular weight is 498 g/mol. The number of nitrogens with zero attached hydrogens (tertiary/aromatic N) is 3. The number of methoxy groups -OCH3 is 1. The number of carbonyl (C=O) groups excluding carboxylic acids is 1. The van der Waals surface area contributed by atoms with Crippen LogP contribution in [-0.2, 0) is 17.8 Å². The van der Waals surface area contributed by atoms with Gasteiger partial charge in [-0.2, -0.15) is 0 Å². The third-order valence-electron chi connectivity index (χ3n) is 6.54. The fraction of sp³-hybridized carbons (Fsp3) is 0.400. The number of aromatic nitrogens is 2. The first-order chi connectivity index (χ1) is 17.0. The van der Waals surface area contributed by atoms with E-state index < -0.39 is 6.10 Å². The summed E-state index contributed by atoms with van der Waals surface area (Å²) in [6.45, 7) is 3.12. The molecule has 3 aromatic rings. The number of β-amino-alcohol motifs (C(OH)–C–C–N with tert-alkyl or cyclic N) is 1. The van der Waals surface area contributed by atoms with Crippen molar-refractivity contribution in [2.45, 2.75) is 24.0 Å². The molecule has 2 aromatic heterocycles. The van der Waals surface area contributed by atoms with E-state index in [0.717, 1.165) is 28.0 Å². The Bertz CT molecular complexity index is 1240. The molecule has 0 aliphatic carbocycles. The highest BCUT2D eigenvalue weighted by Crippen LogP contribution is 2.30. The molecule has 184 valence electrons. The Morgan fingerprint density at radius 2 is 2.20 bits per heavy atom. The topological polar surface area (TPSA) is 99.6 Å². The summed E-state index contributed by atoms with van der Waals surface area (Å²) in [5.41, 5.74) is 2.19. The summed E-state index contributed by atoms with van der Waals surface area (Å²) in [6, 6.07) is 9.41. The minimum Gasteiger partial charge on any atom is -0.497 e. The number of fused-ring (bicyclic) bond motifs is 2. The molecule has 0 spiro atoms. The zero-order valence-corrected chi connectivity index (χ0v) is 20.3. The number of halogens is 1. The number of pyridine rings is 2. The van der Waals surface area contributed by atoms with Gasteiger partial charge in [0.1, 0.15) is 17.4 Å². The van der Waals surface area contributed by atoms with Gasteiger partial charge in [0, 0.05) is 49.6 Å². The molecule has 5 rings (SSSR count). The first-order valence-electron chi connectivity index (χ1n) is 11.6. The fourth-order valence-electron chi connectivity index (χ4n) is 4.67. The first-order valence-corrected chi connectivity index (χ1v) is 12.6. The van der Waals surface area contributed by atoms with Gasteiger partial charge in [0.05, 0.1) is 41.3 Å². The van der Waals surface area contributed by atoms with E-state index in [1.165, 1.54) is 18.0 Å². The molecule has 2 aliphatic heterocycles. The predicted octanol–water partition coefficient (Wildman–Crippen LogP) is 2.45. The number of aliphatic hydroxyl groups is 1. The van der Waals surface area contributed by atoms with Crippen molar-refractivity contribution in [3.05, 3.63) is 53.6 Å². The Balaban J connectivity index is 1.15. The lowest BCUT2D eigenvalue weighted by atomic mass is 10.0. The largest absolute Gasteiger partial charge is 0.497 e. The summed E-state index contributed by atoms with van der Waals surface area (Å²) < 4.78 is 19.9. The monoisotopic (exact) mass is 497 g/mol. The molecule has 3 N–H and O–H groups in total. The first kappa shape index (κ1) is 23.9. The summed E-state index contributed by atoms with van der Waals surface area (Å²) in [7, 11) is 1.59. The lowest BCUT2D eigenvalue weighted by molar-refractivity contribution is -0.113. The molecule has 1 amide bonds. The number of amides is 1. The van der Waals surface area contributed by atoms with Crippen molar-refractivity contribution >= 4 is 34.4 Å². The number of carbonyl (C=O) groups is 1. The van der Waals surface area contributed by atoms with Crippen LogP contribution in [0.5, 0.6) is 5.75 Å². The van der Waals surface area contributed by atoms with Crippen LogP contribution < -0.4 is 15.4 Å². The fourth-order valence-corrected chi connectivity index (χ4v) is 5.42. The van der Waals surface area contributed by atoms with Crippen LogP contribution in [0.4, 0.5) is 10.2 Å². The smallest absolute Gasteiger partial charge is 0.235 e. The summed E-state index contributed by atoms with van der Waals surface area (Å²) in [5.74, 6) is 1.42. The minimum atomic E-state index is -0.450. The van der Waals surface area contributed by atoms with Crippen molar-refractivity contribution in [2.75, 3.05) is 44.4 Å². The van der Waals surface area contributed by atoms with Crippen LogP contribution in [0.25, 0.3) is 10.9 Å². The maximum absolute atomic E-state index is 14.6. The SMILES string of the molecule is COc1ccc2ncc(F)c(CCN3CC(O)C(CNCc4ccc5c(n4)NC(=O)CS5)C3)c2c1. The van der Waals surface area contributed by atoms with Gasteiger partial charge in [-0.05, 0) is 36.8 Å². The molecule has 0 bridgehead atoms. The minimum absolute atomic E-state index is 0.0342. The van der Waals surface area contributed by atoms with Gasteiger partial charge in [0.25, 0.3) is 0 Å². The summed E-state index contributed by atoms with van der Waals surface area (Å²) in [5, 5.41) is 17.5. The number of anilines is 1.